The molecule has 16 heavy (non-hydrogen) atoms. The summed E-state index contributed by atoms with van der Waals surface area (Å²) in [6, 6.07) is 7.15. The fourth-order valence-corrected chi connectivity index (χ4v) is 1.60. The molecule has 0 amide bonds. The van der Waals surface area contributed by atoms with Crippen LogP contribution in [0, 0.1) is 0 Å². The molecule has 0 aliphatic heterocycles. The van der Waals surface area contributed by atoms with Gasteiger partial charge in [0.1, 0.15) is 12.3 Å². The molecule has 0 aliphatic carbocycles. The maximum atomic E-state index is 11.5. The largest absolute Gasteiger partial charge is 0.425 e. The molecule has 0 aliphatic rings. The molecule has 0 fully saturated rings. The summed E-state index contributed by atoms with van der Waals surface area (Å²) in [6.45, 7) is 0.159. The van der Waals surface area contributed by atoms with E-state index in [-0.39, 0.29) is 12.5 Å². The fraction of sp³-hybridized carbons (Fsp3) is 0.0909. The first-order valence-electron chi connectivity index (χ1n) is 4.66. The molecule has 5 heteroatoms. The average molecular weight is 281 g/mol. The molecule has 0 bridgehead atoms. The first kappa shape index (κ1) is 10.9. The third kappa shape index (κ3) is 2.93. The smallest absolute Gasteiger partial charge is 0.331 e. The maximum absolute atomic E-state index is 11.5. The number of aromatic nitrogens is 2. The number of rotatable bonds is 3. The summed E-state index contributed by atoms with van der Waals surface area (Å²) in [6.07, 6.45) is 4.90. The highest BCUT2D eigenvalue weighted by Gasteiger charge is 2.05. The van der Waals surface area contributed by atoms with Gasteiger partial charge in [0, 0.05) is 16.9 Å². The summed E-state index contributed by atoms with van der Waals surface area (Å²) in [7, 11) is 0. The Morgan fingerprint density at radius 2 is 2.38 bits per heavy atom. The van der Waals surface area contributed by atoms with Gasteiger partial charge in [-0.25, -0.2) is 9.78 Å². The van der Waals surface area contributed by atoms with Crippen LogP contribution in [0.3, 0.4) is 0 Å². The molecule has 82 valence electrons. The minimum atomic E-state index is -0.323. The van der Waals surface area contributed by atoms with Crippen LogP contribution in [0.1, 0.15) is 0 Å². The lowest BCUT2D eigenvalue weighted by Crippen LogP contribution is -2.15. The lowest BCUT2D eigenvalue weighted by Gasteiger charge is -2.04. The van der Waals surface area contributed by atoms with Crippen LogP contribution in [0.2, 0.25) is 0 Å². The van der Waals surface area contributed by atoms with Crippen molar-refractivity contribution in [2.24, 2.45) is 0 Å². The molecule has 0 N–H and O–H groups in total. The van der Waals surface area contributed by atoms with Crippen LogP contribution >= 0.6 is 15.9 Å². The van der Waals surface area contributed by atoms with Crippen LogP contribution in [-0.2, 0) is 11.3 Å². The summed E-state index contributed by atoms with van der Waals surface area (Å²) in [5.74, 6) is 0.204. The van der Waals surface area contributed by atoms with E-state index >= 15 is 0 Å². The van der Waals surface area contributed by atoms with Crippen LogP contribution in [0.15, 0.2) is 47.5 Å². The van der Waals surface area contributed by atoms with Crippen molar-refractivity contribution in [2.45, 2.75) is 6.54 Å². The van der Waals surface area contributed by atoms with E-state index in [0.29, 0.717) is 5.75 Å². The van der Waals surface area contributed by atoms with E-state index < -0.39 is 0 Å². The number of nitrogens with zero attached hydrogens (tertiary/aromatic N) is 2. The lowest BCUT2D eigenvalue weighted by atomic mass is 10.3. The number of imidazole rings is 1. The zero-order chi connectivity index (χ0) is 11.4. The molecule has 4 nitrogen and oxygen atoms in total. The van der Waals surface area contributed by atoms with E-state index in [2.05, 4.69) is 20.9 Å². The van der Waals surface area contributed by atoms with Crippen molar-refractivity contribution >= 4 is 21.9 Å². The van der Waals surface area contributed by atoms with E-state index in [1.807, 2.05) is 12.1 Å². The van der Waals surface area contributed by atoms with Crippen LogP contribution in [0.5, 0.6) is 5.75 Å². The SMILES string of the molecule is O=C(Cn1ccnc1)Oc1cccc(Br)c1. The zero-order valence-corrected chi connectivity index (χ0v) is 9.92. The molecule has 0 unspecified atom stereocenters. The molecular weight excluding hydrogens is 272 g/mol. The lowest BCUT2D eigenvalue weighted by molar-refractivity contribution is -0.135. The molecule has 0 saturated carbocycles. The highest BCUT2D eigenvalue weighted by molar-refractivity contribution is 9.10. The second-order valence-corrected chi connectivity index (χ2v) is 4.08. The van der Waals surface area contributed by atoms with Gasteiger partial charge in [-0.1, -0.05) is 22.0 Å². The molecule has 2 aromatic rings. The van der Waals surface area contributed by atoms with Gasteiger partial charge in [-0.15, -0.1) is 0 Å². The van der Waals surface area contributed by atoms with Gasteiger partial charge in [-0.2, -0.15) is 0 Å². The number of hydrogen-bond donors (Lipinski definition) is 0. The van der Waals surface area contributed by atoms with Crippen molar-refractivity contribution in [1.82, 2.24) is 9.55 Å². The predicted molar refractivity (Wildman–Crippen MR) is 62.0 cm³/mol. The Labute approximate surface area is 101 Å². The number of carbonyl (C=O) groups excluding carboxylic acids is 1. The Morgan fingerprint density at radius 3 is 3.06 bits per heavy atom. The third-order valence-corrected chi connectivity index (χ3v) is 2.39. The zero-order valence-electron chi connectivity index (χ0n) is 8.34. The summed E-state index contributed by atoms with van der Waals surface area (Å²) in [5, 5.41) is 0. The first-order chi connectivity index (χ1) is 7.74. The van der Waals surface area contributed by atoms with Crippen LogP contribution in [0.4, 0.5) is 0 Å². The average Bonchev–Trinajstić information content (AvgIpc) is 2.70. The van der Waals surface area contributed by atoms with Gasteiger partial charge in [0.2, 0.25) is 0 Å². The quantitative estimate of drug-likeness (QED) is 0.640. The third-order valence-electron chi connectivity index (χ3n) is 1.90. The molecule has 1 aromatic carbocycles. The van der Waals surface area contributed by atoms with E-state index in [9.17, 15) is 4.79 Å². The molecule has 1 aromatic heterocycles. The molecule has 2 rings (SSSR count). The van der Waals surface area contributed by atoms with Gasteiger partial charge in [-0.05, 0) is 18.2 Å². The number of carbonyl (C=O) groups is 1. The van der Waals surface area contributed by atoms with E-state index in [0.717, 1.165) is 4.47 Å². The van der Waals surface area contributed by atoms with Gasteiger partial charge in [-0.3, -0.25) is 0 Å². The van der Waals surface area contributed by atoms with Gasteiger partial charge < -0.3 is 9.30 Å². The Balaban J connectivity index is 1.97. The molecular formula is C11H9BrN2O2. The van der Waals surface area contributed by atoms with Gasteiger partial charge in [0.25, 0.3) is 0 Å². The summed E-state index contributed by atoms with van der Waals surface area (Å²) in [4.78, 5) is 15.3. The van der Waals surface area contributed by atoms with Crippen LogP contribution in [0.25, 0.3) is 0 Å². The second-order valence-electron chi connectivity index (χ2n) is 3.17. The van der Waals surface area contributed by atoms with E-state index in [1.165, 1.54) is 0 Å². The van der Waals surface area contributed by atoms with Crippen molar-refractivity contribution in [2.75, 3.05) is 0 Å². The standard InChI is InChI=1S/C11H9BrN2O2/c12-9-2-1-3-10(6-9)16-11(15)7-14-5-4-13-8-14/h1-6,8H,7H2. The number of ether oxygens (including phenoxy) is 1. The van der Waals surface area contributed by atoms with Gasteiger partial charge in [0.15, 0.2) is 0 Å². The minimum absolute atomic E-state index is 0.159. The van der Waals surface area contributed by atoms with Crippen molar-refractivity contribution < 1.29 is 9.53 Å². The summed E-state index contributed by atoms with van der Waals surface area (Å²) >= 11 is 3.31. The maximum Gasteiger partial charge on any atom is 0.331 e. The van der Waals surface area contributed by atoms with Crippen molar-refractivity contribution in [3.05, 3.63) is 47.5 Å². The number of benzene rings is 1. The Hall–Kier alpha value is -1.62. The number of halogens is 1. The van der Waals surface area contributed by atoms with Gasteiger partial charge >= 0.3 is 5.97 Å². The fourth-order valence-electron chi connectivity index (χ4n) is 1.22. The van der Waals surface area contributed by atoms with E-state index in [1.54, 1.807) is 35.4 Å². The van der Waals surface area contributed by atoms with Crippen molar-refractivity contribution in [3.8, 4) is 5.75 Å². The molecule has 0 radical (unpaired) electrons. The number of hydrogen-bond acceptors (Lipinski definition) is 3. The highest BCUT2D eigenvalue weighted by Crippen LogP contribution is 2.17. The Bertz CT molecular complexity index is 482. The molecule has 0 saturated heterocycles. The summed E-state index contributed by atoms with van der Waals surface area (Å²) in [5.41, 5.74) is 0. The Kier molecular flexibility index (Phi) is 3.36. The van der Waals surface area contributed by atoms with Gasteiger partial charge in [0.05, 0.1) is 6.33 Å². The van der Waals surface area contributed by atoms with Crippen molar-refractivity contribution in [1.29, 1.82) is 0 Å². The monoisotopic (exact) mass is 280 g/mol. The first-order valence-corrected chi connectivity index (χ1v) is 5.45. The number of esters is 1. The van der Waals surface area contributed by atoms with Crippen LogP contribution < -0.4 is 4.74 Å². The minimum Gasteiger partial charge on any atom is -0.425 e. The second kappa shape index (κ2) is 4.94. The normalized spacial score (nSPS) is 10.1. The topological polar surface area (TPSA) is 44.1 Å². The predicted octanol–water partition coefficient (Wildman–Crippen LogP) is 2.25. The molecule has 0 spiro atoms. The van der Waals surface area contributed by atoms with E-state index in [4.69, 9.17) is 4.74 Å². The summed E-state index contributed by atoms with van der Waals surface area (Å²) < 4.78 is 7.68. The highest BCUT2D eigenvalue weighted by atomic mass is 79.9. The van der Waals surface area contributed by atoms with Crippen molar-refractivity contribution in [3.63, 3.8) is 0 Å². The molecule has 1 heterocycles. The molecule has 0 atom stereocenters. The Morgan fingerprint density at radius 1 is 1.50 bits per heavy atom. The van der Waals surface area contributed by atoms with Crippen LogP contribution in [-0.4, -0.2) is 15.5 Å².